The van der Waals surface area contributed by atoms with E-state index in [9.17, 15) is 4.79 Å². The third-order valence-corrected chi connectivity index (χ3v) is 3.45. The molecule has 1 saturated heterocycles. The lowest BCUT2D eigenvalue weighted by Crippen LogP contribution is -2.41. The SMILES string of the molecule is O=C(CN1CCOCC1)Nc1ccc(-c2ccco2)cc1. The van der Waals surface area contributed by atoms with Crippen LogP contribution in [0.25, 0.3) is 11.3 Å². The summed E-state index contributed by atoms with van der Waals surface area (Å²) in [6.07, 6.45) is 1.65. The molecule has 110 valence electrons. The number of hydrogen-bond acceptors (Lipinski definition) is 4. The fourth-order valence-electron chi connectivity index (χ4n) is 2.32. The molecule has 1 fully saturated rings. The summed E-state index contributed by atoms with van der Waals surface area (Å²) in [5, 5.41) is 2.91. The summed E-state index contributed by atoms with van der Waals surface area (Å²) in [6, 6.07) is 11.4. The molecule has 1 aromatic carbocycles. The Labute approximate surface area is 123 Å². The van der Waals surface area contributed by atoms with Gasteiger partial charge in [-0.3, -0.25) is 9.69 Å². The largest absolute Gasteiger partial charge is 0.464 e. The number of furan rings is 1. The number of rotatable bonds is 4. The van der Waals surface area contributed by atoms with E-state index in [2.05, 4.69) is 10.2 Å². The van der Waals surface area contributed by atoms with Crippen LogP contribution in [0.15, 0.2) is 47.1 Å². The molecule has 2 aromatic rings. The fraction of sp³-hybridized carbons (Fsp3) is 0.312. The number of benzene rings is 1. The number of hydrogen-bond donors (Lipinski definition) is 1. The number of nitrogens with one attached hydrogen (secondary N) is 1. The lowest BCUT2D eigenvalue weighted by Gasteiger charge is -2.25. The molecule has 21 heavy (non-hydrogen) atoms. The van der Waals surface area contributed by atoms with E-state index < -0.39 is 0 Å². The molecule has 1 aliphatic heterocycles. The molecule has 1 amide bonds. The van der Waals surface area contributed by atoms with Crippen LogP contribution in [0.4, 0.5) is 5.69 Å². The van der Waals surface area contributed by atoms with Crippen LogP contribution in [0.1, 0.15) is 0 Å². The Bertz CT molecular complexity index is 572. The second-order valence-corrected chi connectivity index (χ2v) is 4.99. The molecule has 0 saturated carbocycles. The molecule has 0 aliphatic carbocycles. The summed E-state index contributed by atoms with van der Waals surface area (Å²) in [4.78, 5) is 14.1. The van der Waals surface area contributed by atoms with Gasteiger partial charge in [0.15, 0.2) is 0 Å². The lowest BCUT2D eigenvalue weighted by atomic mass is 10.1. The Morgan fingerprint density at radius 2 is 1.90 bits per heavy atom. The van der Waals surface area contributed by atoms with Gasteiger partial charge in [-0.05, 0) is 36.4 Å². The molecule has 0 unspecified atom stereocenters. The third-order valence-electron chi connectivity index (χ3n) is 3.45. The van der Waals surface area contributed by atoms with Crippen molar-refractivity contribution < 1.29 is 13.9 Å². The van der Waals surface area contributed by atoms with Crippen molar-refractivity contribution in [2.75, 3.05) is 38.2 Å². The summed E-state index contributed by atoms with van der Waals surface area (Å²) in [6.45, 7) is 3.43. The van der Waals surface area contributed by atoms with Crippen molar-refractivity contribution in [3.05, 3.63) is 42.7 Å². The molecule has 1 N–H and O–H groups in total. The normalized spacial score (nSPS) is 15.8. The van der Waals surface area contributed by atoms with Gasteiger partial charge in [-0.25, -0.2) is 0 Å². The average molecular weight is 286 g/mol. The van der Waals surface area contributed by atoms with Gasteiger partial charge in [-0.2, -0.15) is 0 Å². The third kappa shape index (κ3) is 3.71. The molecule has 5 nitrogen and oxygen atoms in total. The highest BCUT2D eigenvalue weighted by molar-refractivity contribution is 5.92. The van der Waals surface area contributed by atoms with E-state index in [0.717, 1.165) is 30.1 Å². The summed E-state index contributed by atoms with van der Waals surface area (Å²) in [7, 11) is 0. The molecular weight excluding hydrogens is 268 g/mol. The monoisotopic (exact) mass is 286 g/mol. The lowest BCUT2D eigenvalue weighted by molar-refractivity contribution is -0.118. The zero-order chi connectivity index (χ0) is 14.5. The Morgan fingerprint density at radius 1 is 1.14 bits per heavy atom. The summed E-state index contributed by atoms with van der Waals surface area (Å²) in [5.74, 6) is 0.823. The maximum Gasteiger partial charge on any atom is 0.238 e. The number of amides is 1. The minimum absolute atomic E-state index is 0.00245. The first-order valence-electron chi connectivity index (χ1n) is 7.05. The maximum absolute atomic E-state index is 12.0. The second kappa shape index (κ2) is 6.56. The van der Waals surface area contributed by atoms with Gasteiger partial charge in [-0.15, -0.1) is 0 Å². The quantitative estimate of drug-likeness (QED) is 0.936. The first kappa shape index (κ1) is 13.9. The predicted molar refractivity (Wildman–Crippen MR) is 80.0 cm³/mol. The van der Waals surface area contributed by atoms with Crippen LogP contribution in [0.2, 0.25) is 0 Å². The number of carbonyl (C=O) groups excluding carboxylic acids is 1. The van der Waals surface area contributed by atoms with E-state index >= 15 is 0 Å². The van der Waals surface area contributed by atoms with Crippen molar-refractivity contribution in [1.82, 2.24) is 4.90 Å². The Balaban J connectivity index is 1.56. The van der Waals surface area contributed by atoms with Crippen molar-refractivity contribution in [3.8, 4) is 11.3 Å². The highest BCUT2D eigenvalue weighted by Gasteiger charge is 2.14. The van der Waals surface area contributed by atoms with Crippen LogP contribution < -0.4 is 5.32 Å². The summed E-state index contributed by atoms with van der Waals surface area (Å²) < 4.78 is 10.6. The van der Waals surface area contributed by atoms with Crippen molar-refractivity contribution in [3.63, 3.8) is 0 Å². The first-order chi connectivity index (χ1) is 10.3. The number of morpholine rings is 1. The molecule has 0 bridgehead atoms. The van der Waals surface area contributed by atoms with Crippen molar-refractivity contribution >= 4 is 11.6 Å². The molecular formula is C16H18N2O3. The summed E-state index contributed by atoms with van der Waals surface area (Å²) >= 11 is 0. The average Bonchev–Trinajstić information content (AvgIpc) is 3.03. The van der Waals surface area contributed by atoms with Crippen LogP contribution in [0.3, 0.4) is 0 Å². The van der Waals surface area contributed by atoms with Crippen LogP contribution in [0.5, 0.6) is 0 Å². The van der Waals surface area contributed by atoms with Crippen LogP contribution in [0, 0.1) is 0 Å². The van der Waals surface area contributed by atoms with Crippen LogP contribution >= 0.6 is 0 Å². The van der Waals surface area contributed by atoms with E-state index in [-0.39, 0.29) is 5.91 Å². The highest BCUT2D eigenvalue weighted by atomic mass is 16.5. The number of anilines is 1. The smallest absolute Gasteiger partial charge is 0.238 e. The Kier molecular flexibility index (Phi) is 4.33. The zero-order valence-corrected chi connectivity index (χ0v) is 11.7. The Hall–Kier alpha value is -2.11. The van der Waals surface area contributed by atoms with Crippen molar-refractivity contribution in [1.29, 1.82) is 0 Å². The Morgan fingerprint density at radius 3 is 2.57 bits per heavy atom. The minimum atomic E-state index is 0.00245. The van der Waals surface area contributed by atoms with E-state index in [4.69, 9.17) is 9.15 Å². The number of carbonyl (C=O) groups is 1. The van der Waals surface area contributed by atoms with Gasteiger partial charge in [0.25, 0.3) is 0 Å². The van der Waals surface area contributed by atoms with Gasteiger partial charge in [0.2, 0.25) is 5.91 Å². The molecule has 2 heterocycles. The van der Waals surface area contributed by atoms with Crippen LogP contribution in [-0.2, 0) is 9.53 Å². The van der Waals surface area contributed by atoms with Crippen molar-refractivity contribution in [2.45, 2.75) is 0 Å². The van der Waals surface area contributed by atoms with Gasteiger partial charge in [0.1, 0.15) is 5.76 Å². The van der Waals surface area contributed by atoms with E-state index in [1.807, 2.05) is 36.4 Å². The molecule has 3 rings (SSSR count). The molecule has 0 spiro atoms. The maximum atomic E-state index is 12.0. The van der Waals surface area contributed by atoms with E-state index in [1.54, 1.807) is 6.26 Å². The van der Waals surface area contributed by atoms with Gasteiger partial charge < -0.3 is 14.5 Å². The van der Waals surface area contributed by atoms with Gasteiger partial charge >= 0.3 is 0 Å². The number of nitrogens with zero attached hydrogens (tertiary/aromatic N) is 1. The fourth-order valence-corrected chi connectivity index (χ4v) is 2.32. The highest BCUT2D eigenvalue weighted by Crippen LogP contribution is 2.21. The molecule has 0 atom stereocenters. The van der Waals surface area contributed by atoms with E-state index in [1.165, 1.54) is 0 Å². The summed E-state index contributed by atoms with van der Waals surface area (Å²) in [5.41, 5.74) is 1.79. The van der Waals surface area contributed by atoms with E-state index in [0.29, 0.717) is 19.8 Å². The van der Waals surface area contributed by atoms with Gasteiger partial charge in [0.05, 0.1) is 26.0 Å². The standard InChI is InChI=1S/C16H18N2O3/c19-16(12-18-7-10-20-11-8-18)17-14-5-3-13(4-6-14)15-2-1-9-21-15/h1-6,9H,7-8,10-12H2,(H,17,19). The minimum Gasteiger partial charge on any atom is -0.464 e. The van der Waals surface area contributed by atoms with Gasteiger partial charge in [-0.1, -0.05) is 0 Å². The van der Waals surface area contributed by atoms with Gasteiger partial charge in [0, 0.05) is 24.3 Å². The molecule has 1 aliphatic rings. The first-order valence-corrected chi connectivity index (χ1v) is 7.05. The molecule has 5 heteroatoms. The second-order valence-electron chi connectivity index (χ2n) is 4.99. The molecule has 0 radical (unpaired) electrons. The number of ether oxygens (including phenoxy) is 1. The van der Waals surface area contributed by atoms with Crippen LogP contribution in [-0.4, -0.2) is 43.7 Å². The van der Waals surface area contributed by atoms with Crippen molar-refractivity contribution in [2.24, 2.45) is 0 Å². The topological polar surface area (TPSA) is 54.7 Å². The molecule has 1 aromatic heterocycles. The zero-order valence-electron chi connectivity index (χ0n) is 11.7. The predicted octanol–water partition coefficient (Wildman–Crippen LogP) is 2.22.